The lowest BCUT2D eigenvalue weighted by Gasteiger charge is -2.39. The van der Waals surface area contributed by atoms with Gasteiger partial charge in [-0.15, -0.1) is 0 Å². The number of nitrogens with one attached hydrogen (secondary N) is 2. The molecule has 2 fully saturated rings. The number of hydrogen-bond acceptors (Lipinski definition) is 3. The van der Waals surface area contributed by atoms with Crippen LogP contribution in [0.3, 0.4) is 0 Å². The Morgan fingerprint density at radius 2 is 2.11 bits per heavy atom. The summed E-state index contributed by atoms with van der Waals surface area (Å²) in [5.41, 5.74) is -0.342. The van der Waals surface area contributed by atoms with Crippen LogP contribution in [0.15, 0.2) is 0 Å². The van der Waals surface area contributed by atoms with Gasteiger partial charge in [-0.2, -0.15) is 0 Å². The smallest absolute Gasteiger partial charge is 0.220 e. The fraction of sp³-hybridized carbons (Fsp3) is 0.933. The van der Waals surface area contributed by atoms with Gasteiger partial charge in [-0.1, -0.05) is 6.92 Å². The normalized spacial score (nSPS) is 35.9. The summed E-state index contributed by atoms with van der Waals surface area (Å²) in [6, 6.07) is 0. The first kappa shape index (κ1) is 14.8. The average molecular weight is 268 g/mol. The standard InChI is InChI=1S/C15H28N2O2/c1-12-4-6-15(11-18,7-5-12)17-14(19)9-13-3-2-8-16-10-13/h12-13,16,18H,2-11H2,1H3,(H,17,19). The summed E-state index contributed by atoms with van der Waals surface area (Å²) in [5, 5.41) is 16.1. The van der Waals surface area contributed by atoms with Crippen LogP contribution in [0.4, 0.5) is 0 Å². The summed E-state index contributed by atoms with van der Waals surface area (Å²) in [5.74, 6) is 1.31. The molecule has 0 bridgehead atoms. The molecule has 1 unspecified atom stereocenters. The van der Waals surface area contributed by atoms with Crippen molar-refractivity contribution in [3.63, 3.8) is 0 Å². The maximum Gasteiger partial charge on any atom is 0.220 e. The van der Waals surface area contributed by atoms with E-state index < -0.39 is 0 Å². The van der Waals surface area contributed by atoms with Crippen LogP contribution in [-0.2, 0) is 4.79 Å². The van der Waals surface area contributed by atoms with Gasteiger partial charge in [-0.05, 0) is 63.5 Å². The van der Waals surface area contributed by atoms with Gasteiger partial charge >= 0.3 is 0 Å². The quantitative estimate of drug-likeness (QED) is 0.723. The average Bonchev–Trinajstić information content (AvgIpc) is 2.43. The topological polar surface area (TPSA) is 61.4 Å². The largest absolute Gasteiger partial charge is 0.394 e. The molecule has 0 spiro atoms. The molecule has 19 heavy (non-hydrogen) atoms. The van der Waals surface area contributed by atoms with E-state index in [1.54, 1.807) is 0 Å². The first-order valence-electron chi connectivity index (χ1n) is 7.76. The van der Waals surface area contributed by atoms with E-state index in [1.165, 1.54) is 6.42 Å². The van der Waals surface area contributed by atoms with Crippen LogP contribution >= 0.6 is 0 Å². The number of carbonyl (C=O) groups excluding carboxylic acids is 1. The highest BCUT2D eigenvalue weighted by atomic mass is 16.3. The molecule has 0 radical (unpaired) electrons. The zero-order valence-electron chi connectivity index (χ0n) is 12.1. The summed E-state index contributed by atoms with van der Waals surface area (Å²) < 4.78 is 0. The van der Waals surface area contributed by atoms with E-state index >= 15 is 0 Å². The molecule has 1 saturated heterocycles. The molecule has 1 heterocycles. The highest BCUT2D eigenvalue weighted by molar-refractivity contribution is 5.77. The van der Waals surface area contributed by atoms with Crippen molar-refractivity contribution < 1.29 is 9.90 Å². The Bertz CT molecular complexity index is 293. The lowest BCUT2D eigenvalue weighted by Crippen LogP contribution is -2.53. The second-order valence-corrected chi connectivity index (χ2v) is 6.59. The minimum Gasteiger partial charge on any atom is -0.394 e. The van der Waals surface area contributed by atoms with Crippen LogP contribution in [0.25, 0.3) is 0 Å². The van der Waals surface area contributed by atoms with Crippen LogP contribution in [0.2, 0.25) is 0 Å². The van der Waals surface area contributed by atoms with Crippen LogP contribution < -0.4 is 10.6 Å². The van der Waals surface area contributed by atoms with Crippen molar-refractivity contribution in [1.29, 1.82) is 0 Å². The first-order chi connectivity index (χ1) is 9.13. The van der Waals surface area contributed by atoms with E-state index in [9.17, 15) is 9.90 Å². The Morgan fingerprint density at radius 3 is 2.68 bits per heavy atom. The van der Waals surface area contributed by atoms with Crippen molar-refractivity contribution in [3.05, 3.63) is 0 Å². The van der Waals surface area contributed by atoms with Gasteiger partial charge in [0.2, 0.25) is 5.91 Å². The number of carbonyl (C=O) groups is 1. The van der Waals surface area contributed by atoms with Gasteiger partial charge in [0, 0.05) is 6.42 Å². The summed E-state index contributed by atoms with van der Waals surface area (Å²) in [7, 11) is 0. The second-order valence-electron chi connectivity index (χ2n) is 6.59. The van der Waals surface area contributed by atoms with Crippen molar-refractivity contribution >= 4 is 5.91 Å². The molecule has 2 rings (SSSR count). The SMILES string of the molecule is CC1CCC(CO)(NC(=O)CC2CCCNC2)CC1. The van der Waals surface area contributed by atoms with E-state index in [1.807, 2.05) is 0 Å². The fourth-order valence-electron chi connectivity index (χ4n) is 3.34. The predicted molar refractivity (Wildman–Crippen MR) is 75.8 cm³/mol. The lowest BCUT2D eigenvalue weighted by atomic mass is 9.77. The molecular formula is C15H28N2O2. The number of amides is 1. The van der Waals surface area contributed by atoms with Gasteiger partial charge in [0.25, 0.3) is 0 Å². The molecule has 1 saturated carbocycles. The molecule has 0 aromatic rings. The molecule has 1 aliphatic heterocycles. The predicted octanol–water partition coefficient (Wildman–Crippen LogP) is 1.43. The van der Waals surface area contributed by atoms with E-state index in [2.05, 4.69) is 17.6 Å². The Kier molecular flexibility index (Phi) is 5.22. The first-order valence-corrected chi connectivity index (χ1v) is 7.76. The van der Waals surface area contributed by atoms with E-state index in [0.29, 0.717) is 12.3 Å². The van der Waals surface area contributed by atoms with Gasteiger partial charge in [0.05, 0.1) is 12.1 Å². The summed E-state index contributed by atoms with van der Waals surface area (Å²) >= 11 is 0. The number of aliphatic hydroxyl groups excluding tert-OH is 1. The van der Waals surface area contributed by atoms with E-state index in [0.717, 1.165) is 51.1 Å². The maximum absolute atomic E-state index is 12.2. The summed E-state index contributed by atoms with van der Waals surface area (Å²) in [4.78, 5) is 12.2. The molecule has 4 nitrogen and oxygen atoms in total. The highest BCUT2D eigenvalue weighted by Gasteiger charge is 2.35. The molecule has 1 amide bonds. The molecule has 4 heteroatoms. The number of rotatable bonds is 4. The monoisotopic (exact) mass is 268 g/mol. The van der Waals surface area contributed by atoms with Crippen molar-refractivity contribution in [2.75, 3.05) is 19.7 Å². The third-order valence-corrected chi connectivity index (χ3v) is 4.81. The highest BCUT2D eigenvalue weighted by Crippen LogP contribution is 2.31. The van der Waals surface area contributed by atoms with Crippen LogP contribution in [0.1, 0.15) is 51.9 Å². The zero-order valence-corrected chi connectivity index (χ0v) is 12.1. The third-order valence-electron chi connectivity index (χ3n) is 4.81. The van der Waals surface area contributed by atoms with Crippen LogP contribution in [0.5, 0.6) is 0 Å². The molecule has 1 atom stereocenters. The van der Waals surface area contributed by atoms with Gasteiger partial charge in [0.1, 0.15) is 0 Å². The van der Waals surface area contributed by atoms with Gasteiger partial charge in [-0.25, -0.2) is 0 Å². The van der Waals surface area contributed by atoms with Crippen molar-refractivity contribution in [2.45, 2.75) is 57.4 Å². The van der Waals surface area contributed by atoms with Gasteiger partial charge in [-0.3, -0.25) is 4.79 Å². The molecule has 3 N–H and O–H groups in total. The molecule has 0 aromatic heterocycles. The minimum absolute atomic E-state index is 0.0778. The van der Waals surface area contributed by atoms with E-state index in [-0.39, 0.29) is 18.1 Å². The van der Waals surface area contributed by atoms with Crippen molar-refractivity contribution in [1.82, 2.24) is 10.6 Å². The number of hydrogen-bond donors (Lipinski definition) is 3. The molecule has 110 valence electrons. The third kappa shape index (κ3) is 4.18. The van der Waals surface area contributed by atoms with Crippen molar-refractivity contribution in [3.8, 4) is 0 Å². The Balaban J connectivity index is 1.82. The maximum atomic E-state index is 12.2. The van der Waals surface area contributed by atoms with Gasteiger partial charge in [0.15, 0.2) is 0 Å². The molecule has 1 aliphatic carbocycles. The van der Waals surface area contributed by atoms with E-state index in [4.69, 9.17) is 0 Å². The minimum atomic E-state index is -0.342. The number of piperidine rings is 1. The van der Waals surface area contributed by atoms with Crippen LogP contribution in [0, 0.1) is 11.8 Å². The summed E-state index contributed by atoms with van der Waals surface area (Å²) in [6.45, 7) is 4.36. The van der Waals surface area contributed by atoms with Gasteiger partial charge < -0.3 is 15.7 Å². The lowest BCUT2D eigenvalue weighted by molar-refractivity contribution is -0.125. The zero-order chi connectivity index (χ0) is 13.7. The van der Waals surface area contributed by atoms with Crippen molar-refractivity contribution in [2.24, 2.45) is 11.8 Å². The Labute approximate surface area is 116 Å². The molecule has 2 aliphatic rings. The molecular weight excluding hydrogens is 240 g/mol. The molecule has 0 aromatic carbocycles. The summed E-state index contributed by atoms with van der Waals surface area (Å²) in [6.07, 6.45) is 6.95. The second kappa shape index (κ2) is 6.71. The Hall–Kier alpha value is -0.610. The Morgan fingerprint density at radius 1 is 1.37 bits per heavy atom. The van der Waals surface area contributed by atoms with Crippen LogP contribution in [-0.4, -0.2) is 36.2 Å². The fourth-order valence-corrected chi connectivity index (χ4v) is 3.34. The number of aliphatic hydroxyl groups is 1.